The van der Waals surface area contributed by atoms with Gasteiger partial charge in [0.25, 0.3) is 10.0 Å². The summed E-state index contributed by atoms with van der Waals surface area (Å²) >= 11 is 1.24. The van der Waals surface area contributed by atoms with Gasteiger partial charge in [-0.05, 0) is 11.4 Å². The monoisotopic (exact) mass is 455 g/mol. The second kappa shape index (κ2) is 9.52. The summed E-state index contributed by atoms with van der Waals surface area (Å²) in [6, 6.07) is 3.38. The first kappa shape index (κ1) is 21.4. The first-order valence-electron chi connectivity index (χ1n) is 9.95. The lowest BCUT2D eigenvalue weighted by Crippen LogP contribution is -2.48. The highest BCUT2D eigenvalue weighted by atomic mass is 32.2. The summed E-state index contributed by atoms with van der Waals surface area (Å²) in [6.45, 7) is 4.97. The molecule has 1 amide bonds. The summed E-state index contributed by atoms with van der Waals surface area (Å²) < 4.78 is 37.6. The van der Waals surface area contributed by atoms with Crippen LogP contribution in [0.15, 0.2) is 26.2 Å². The molecule has 2 aromatic rings. The molecule has 2 saturated heterocycles. The second-order valence-corrected chi connectivity index (χ2v) is 10.3. The van der Waals surface area contributed by atoms with Gasteiger partial charge in [0.1, 0.15) is 4.21 Å². The highest BCUT2D eigenvalue weighted by Gasteiger charge is 2.29. The van der Waals surface area contributed by atoms with Crippen molar-refractivity contribution in [3.05, 3.63) is 29.2 Å². The Bertz CT molecular complexity index is 932. The molecule has 4 heterocycles. The first-order chi connectivity index (χ1) is 14.5. The largest absolute Gasteiger partial charge is 0.378 e. The Morgan fingerprint density at radius 2 is 1.90 bits per heavy atom. The Morgan fingerprint density at radius 3 is 2.60 bits per heavy atom. The zero-order valence-electron chi connectivity index (χ0n) is 16.6. The molecule has 2 aromatic heterocycles. The smallest absolute Gasteiger partial charge is 0.252 e. The number of hydrogen-bond donors (Lipinski definition) is 0. The lowest BCUT2D eigenvalue weighted by Gasteiger charge is -2.32. The van der Waals surface area contributed by atoms with Gasteiger partial charge in [-0.1, -0.05) is 11.2 Å². The van der Waals surface area contributed by atoms with Crippen LogP contribution < -0.4 is 0 Å². The number of carbonyl (C=O) groups excluding carboxylic acids is 1. The van der Waals surface area contributed by atoms with Crippen LogP contribution in [-0.4, -0.2) is 91.1 Å². The van der Waals surface area contributed by atoms with Crippen molar-refractivity contribution >= 4 is 27.3 Å². The van der Waals surface area contributed by atoms with Gasteiger partial charge in [-0.2, -0.15) is 9.29 Å². The summed E-state index contributed by atoms with van der Waals surface area (Å²) in [4.78, 5) is 20.5. The number of rotatable bonds is 7. The van der Waals surface area contributed by atoms with Crippen LogP contribution in [0.25, 0.3) is 0 Å². The van der Waals surface area contributed by atoms with Gasteiger partial charge in [-0.15, -0.1) is 11.3 Å². The van der Waals surface area contributed by atoms with E-state index in [0.717, 1.165) is 0 Å². The lowest BCUT2D eigenvalue weighted by atomic mass is 10.2. The number of nitrogens with zero attached hydrogens (tertiary/aromatic N) is 5. The molecule has 0 saturated carbocycles. The van der Waals surface area contributed by atoms with Crippen LogP contribution in [0.1, 0.15) is 18.1 Å². The number of morpholine rings is 1. The van der Waals surface area contributed by atoms with Crippen LogP contribution in [0.3, 0.4) is 0 Å². The van der Waals surface area contributed by atoms with E-state index < -0.39 is 10.0 Å². The van der Waals surface area contributed by atoms with Gasteiger partial charge < -0.3 is 14.2 Å². The molecule has 2 fully saturated rings. The fourth-order valence-electron chi connectivity index (χ4n) is 3.51. The Balaban J connectivity index is 1.23. The van der Waals surface area contributed by atoms with E-state index in [0.29, 0.717) is 87.8 Å². The number of sulfonamides is 1. The fourth-order valence-corrected chi connectivity index (χ4v) is 6.07. The molecule has 4 rings (SSSR count). The molecule has 2 aliphatic heterocycles. The molecule has 0 bridgehead atoms. The molecule has 0 N–H and O–H groups in total. The van der Waals surface area contributed by atoms with Crippen LogP contribution in [0, 0.1) is 0 Å². The third-order valence-electron chi connectivity index (χ3n) is 5.21. The Morgan fingerprint density at radius 1 is 1.13 bits per heavy atom. The molecule has 30 heavy (non-hydrogen) atoms. The second-order valence-electron chi connectivity index (χ2n) is 7.21. The van der Waals surface area contributed by atoms with Crippen molar-refractivity contribution in [2.75, 3.05) is 52.5 Å². The van der Waals surface area contributed by atoms with Crippen molar-refractivity contribution in [2.45, 2.75) is 23.6 Å². The van der Waals surface area contributed by atoms with Crippen LogP contribution >= 0.6 is 11.3 Å². The van der Waals surface area contributed by atoms with Gasteiger partial charge in [0.15, 0.2) is 5.82 Å². The van der Waals surface area contributed by atoms with Crippen molar-refractivity contribution in [1.29, 1.82) is 0 Å². The normalized spacial score (nSPS) is 19.3. The molecule has 0 atom stereocenters. The van der Waals surface area contributed by atoms with Crippen molar-refractivity contribution in [2.24, 2.45) is 0 Å². The number of hydrogen-bond acceptors (Lipinski definition) is 9. The third-order valence-corrected chi connectivity index (χ3v) is 8.48. The van der Waals surface area contributed by atoms with Crippen LogP contribution in [-0.2, 0) is 32.5 Å². The van der Waals surface area contributed by atoms with Crippen LogP contribution in [0.2, 0.25) is 0 Å². The number of aromatic nitrogens is 2. The highest BCUT2D eigenvalue weighted by Crippen LogP contribution is 2.22. The molecule has 164 valence electrons. The van der Waals surface area contributed by atoms with E-state index in [9.17, 15) is 13.2 Å². The quantitative estimate of drug-likeness (QED) is 0.591. The SMILES string of the molecule is O=C(CCc1nc(CN2CCN(S(=O)(=O)c3cccs3)CC2)no1)N1CCOCC1. The lowest BCUT2D eigenvalue weighted by molar-refractivity contribution is -0.135. The molecule has 10 nitrogen and oxygen atoms in total. The Labute approximate surface area is 179 Å². The van der Waals surface area contributed by atoms with E-state index in [4.69, 9.17) is 9.26 Å². The molecule has 2 aliphatic rings. The standard InChI is InChI=1S/C18H25N5O5S2/c24-17(22-9-11-27-12-10-22)4-3-16-19-15(20-28-16)14-21-5-7-23(8-6-21)30(25,26)18-2-1-13-29-18/h1-2,13H,3-12,14H2. The summed E-state index contributed by atoms with van der Waals surface area (Å²) in [5.41, 5.74) is 0. The molecule has 0 spiro atoms. The summed E-state index contributed by atoms with van der Waals surface area (Å²) in [5, 5.41) is 5.78. The van der Waals surface area contributed by atoms with Crippen molar-refractivity contribution in [3.63, 3.8) is 0 Å². The predicted molar refractivity (Wildman–Crippen MR) is 108 cm³/mol. The topological polar surface area (TPSA) is 109 Å². The highest BCUT2D eigenvalue weighted by molar-refractivity contribution is 7.91. The Hall–Kier alpha value is -1.86. The number of carbonyl (C=O) groups is 1. The summed E-state index contributed by atoms with van der Waals surface area (Å²) in [6.07, 6.45) is 0.747. The average Bonchev–Trinajstić information content (AvgIpc) is 3.46. The van der Waals surface area contributed by atoms with Crippen molar-refractivity contribution in [3.8, 4) is 0 Å². The van der Waals surface area contributed by atoms with Crippen molar-refractivity contribution in [1.82, 2.24) is 24.2 Å². The number of amides is 1. The van der Waals surface area contributed by atoms with E-state index in [1.54, 1.807) is 22.4 Å². The molecular formula is C18H25N5O5S2. The van der Waals surface area contributed by atoms with E-state index in [1.165, 1.54) is 15.6 Å². The number of piperazine rings is 1. The summed E-state index contributed by atoms with van der Waals surface area (Å²) in [7, 11) is -3.40. The molecule has 0 unspecified atom stereocenters. The zero-order valence-corrected chi connectivity index (χ0v) is 18.2. The molecular weight excluding hydrogens is 430 g/mol. The maximum absolute atomic E-state index is 12.6. The van der Waals surface area contributed by atoms with Gasteiger partial charge in [-0.25, -0.2) is 8.42 Å². The van der Waals surface area contributed by atoms with Crippen LogP contribution in [0.4, 0.5) is 0 Å². The van der Waals surface area contributed by atoms with Crippen LogP contribution in [0.5, 0.6) is 0 Å². The first-order valence-corrected chi connectivity index (χ1v) is 12.3. The number of aryl methyl sites for hydroxylation is 1. The molecule has 0 aromatic carbocycles. The van der Waals surface area contributed by atoms with Gasteiger partial charge in [0.2, 0.25) is 11.8 Å². The minimum absolute atomic E-state index is 0.0705. The van der Waals surface area contributed by atoms with E-state index >= 15 is 0 Å². The average molecular weight is 456 g/mol. The van der Waals surface area contributed by atoms with E-state index in [2.05, 4.69) is 15.0 Å². The van der Waals surface area contributed by atoms with Gasteiger partial charge in [0, 0.05) is 52.1 Å². The van der Waals surface area contributed by atoms with E-state index in [-0.39, 0.29) is 5.91 Å². The minimum atomic E-state index is -3.40. The zero-order chi connectivity index (χ0) is 21.0. The molecule has 0 aliphatic carbocycles. The number of ether oxygens (including phenoxy) is 1. The predicted octanol–water partition coefficient (Wildman–Crippen LogP) is 0.429. The van der Waals surface area contributed by atoms with Gasteiger partial charge in [0.05, 0.1) is 19.8 Å². The maximum atomic E-state index is 12.6. The van der Waals surface area contributed by atoms with E-state index in [1.807, 2.05) is 0 Å². The fraction of sp³-hybridized carbons (Fsp3) is 0.611. The summed E-state index contributed by atoms with van der Waals surface area (Å²) in [5.74, 6) is 1.07. The maximum Gasteiger partial charge on any atom is 0.252 e. The Kier molecular flexibility index (Phi) is 6.78. The number of thiophene rings is 1. The third kappa shape index (κ3) is 5.06. The van der Waals surface area contributed by atoms with Gasteiger partial charge >= 0.3 is 0 Å². The van der Waals surface area contributed by atoms with Gasteiger partial charge in [-0.3, -0.25) is 9.69 Å². The molecule has 0 radical (unpaired) electrons. The molecule has 12 heteroatoms. The van der Waals surface area contributed by atoms with Crippen molar-refractivity contribution < 1.29 is 22.5 Å². The minimum Gasteiger partial charge on any atom is -0.378 e.